The van der Waals surface area contributed by atoms with Crippen LogP contribution < -0.4 is 0 Å². The summed E-state index contributed by atoms with van der Waals surface area (Å²) >= 11 is 0. The monoisotopic (exact) mass is 787 g/mol. The van der Waals surface area contributed by atoms with E-state index in [9.17, 15) is 0 Å². The Kier molecular flexibility index (Phi) is 6.91. The van der Waals surface area contributed by atoms with Crippen LogP contribution in [0.5, 0.6) is 0 Å². The number of para-hydroxylation sites is 4. The lowest BCUT2D eigenvalue weighted by Crippen LogP contribution is -2.49. The molecule has 4 saturated carbocycles. The minimum Gasteiger partial charge on any atom is -0.455 e. The van der Waals surface area contributed by atoms with Gasteiger partial charge in [0, 0.05) is 49.5 Å². The van der Waals surface area contributed by atoms with Crippen molar-refractivity contribution < 1.29 is 4.42 Å². The van der Waals surface area contributed by atoms with Gasteiger partial charge in [0.05, 0.1) is 32.8 Å². The van der Waals surface area contributed by atoms with Crippen LogP contribution in [0.4, 0.5) is 0 Å². The van der Waals surface area contributed by atoms with Crippen LogP contribution in [-0.4, -0.2) is 24.1 Å². The zero-order valence-electron chi connectivity index (χ0n) is 33.6. The van der Waals surface area contributed by atoms with Gasteiger partial charge in [-0.15, -0.1) is 0 Å². The van der Waals surface area contributed by atoms with Gasteiger partial charge in [0.15, 0.2) is 11.6 Å². The Morgan fingerprint density at radius 1 is 0.459 bits per heavy atom. The first-order valence-electron chi connectivity index (χ1n) is 22.0. The molecule has 7 aromatic carbocycles. The van der Waals surface area contributed by atoms with Crippen LogP contribution in [0.3, 0.4) is 0 Å². The van der Waals surface area contributed by atoms with E-state index >= 15 is 0 Å². The average molecular weight is 788 g/mol. The first-order valence-corrected chi connectivity index (χ1v) is 22.0. The molecule has 0 atom stereocenters. The second-order valence-corrected chi connectivity index (χ2v) is 18.2. The quantitative estimate of drug-likeness (QED) is 0.174. The van der Waals surface area contributed by atoms with Gasteiger partial charge in [-0.05, 0) is 98.7 Å². The number of aromatic nitrogens is 5. The molecule has 0 aliphatic heterocycles. The molecule has 4 fully saturated rings. The van der Waals surface area contributed by atoms with Gasteiger partial charge in [-0.2, -0.15) is 0 Å². The van der Waals surface area contributed by atoms with Crippen LogP contribution in [0.1, 0.15) is 44.3 Å². The molecule has 11 aromatic rings. The molecule has 4 aliphatic rings. The van der Waals surface area contributed by atoms with Crippen LogP contribution in [0.25, 0.3) is 99.7 Å². The normalized spacial score (nSPS) is 21.0. The zero-order chi connectivity index (χ0) is 39.8. The third kappa shape index (κ3) is 4.82. The highest BCUT2D eigenvalue weighted by molar-refractivity contribution is 6.39. The predicted molar refractivity (Wildman–Crippen MR) is 247 cm³/mol. The Hall–Kier alpha value is -7.05. The number of hydrogen-bond acceptors (Lipinski definition) is 4. The van der Waals surface area contributed by atoms with Crippen LogP contribution in [0.15, 0.2) is 162 Å². The molecule has 4 aliphatic carbocycles. The maximum absolute atomic E-state index is 7.03. The highest BCUT2D eigenvalue weighted by atomic mass is 16.3. The van der Waals surface area contributed by atoms with Crippen molar-refractivity contribution in [3.63, 3.8) is 0 Å². The third-order valence-electron chi connectivity index (χ3n) is 14.6. The minimum atomic E-state index is 0.0247. The third-order valence-corrected chi connectivity index (χ3v) is 14.6. The van der Waals surface area contributed by atoms with Crippen LogP contribution in [0, 0.1) is 17.8 Å². The summed E-state index contributed by atoms with van der Waals surface area (Å²) in [6.07, 6.45) is 7.71. The molecule has 15 rings (SSSR count). The molecule has 4 heterocycles. The number of furan rings is 1. The summed E-state index contributed by atoms with van der Waals surface area (Å²) in [7, 11) is 0. The summed E-state index contributed by atoms with van der Waals surface area (Å²) in [5.41, 5.74) is 10.5. The molecule has 0 unspecified atom stereocenters. The van der Waals surface area contributed by atoms with E-state index < -0.39 is 0 Å². The van der Waals surface area contributed by atoms with Gasteiger partial charge in [-0.25, -0.2) is 15.0 Å². The molecule has 0 N–H and O–H groups in total. The van der Waals surface area contributed by atoms with E-state index in [1.807, 2.05) is 0 Å². The highest BCUT2D eigenvalue weighted by Crippen LogP contribution is 2.60. The maximum Gasteiger partial charge on any atom is 0.163 e. The first kappa shape index (κ1) is 33.7. The van der Waals surface area contributed by atoms with Crippen molar-refractivity contribution in [2.24, 2.45) is 17.8 Å². The Balaban J connectivity index is 1.07. The minimum absolute atomic E-state index is 0.0247. The summed E-state index contributed by atoms with van der Waals surface area (Å²) < 4.78 is 11.9. The van der Waals surface area contributed by atoms with Gasteiger partial charge in [-0.1, -0.05) is 115 Å². The van der Waals surface area contributed by atoms with E-state index in [0.717, 1.165) is 107 Å². The van der Waals surface area contributed by atoms with Gasteiger partial charge in [-0.3, -0.25) is 0 Å². The lowest BCUT2D eigenvalue weighted by molar-refractivity contribution is -0.00938. The zero-order valence-corrected chi connectivity index (χ0v) is 33.6. The van der Waals surface area contributed by atoms with Crippen LogP contribution in [-0.2, 0) is 5.41 Å². The molecule has 0 radical (unpaired) electrons. The molecule has 6 nitrogen and oxygen atoms in total. The van der Waals surface area contributed by atoms with Crippen LogP contribution in [0.2, 0.25) is 0 Å². The lowest BCUT2D eigenvalue weighted by Gasteiger charge is -2.56. The van der Waals surface area contributed by atoms with E-state index in [-0.39, 0.29) is 5.41 Å². The maximum atomic E-state index is 7.03. The van der Waals surface area contributed by atoms with E-state index in [1.54, 1.807) is 0 Å². The predicted octanol–water partition coefficient (Wildman–Crippen LogP) is 13.8. The first-order chi connectivity index (χ1) is 30.2. The second kappa shape index (κ2) is 12.5. The summed E-state index contributed by atoms with van der Waals surface area (Å²) in [4.78, 5) is 16.2. The molecular formula is C55H41N5O. The Labute approximate surface area is 352 Å². The topological polar surface area (TPSA) is 61.7 Å². The van der Waals surface area contributed by atoms with Gasteiger partial charge in [0.1, 0.15) is 17.0 Å². The SMILES string of the molecule is c1ccc(-c2nc(-c3cccc(-n4c5ccccc5c5c6c(c7ccccc7n6-c6ccccc6)c6oc7ccccc7c6c54)c3)nc(C34CC5CC(CC(C5)C3)C4)n2)cc1. The fraction of sp³-hybridized carbons (Fsp3) is 0.182. The fourth-order valence-corrected chi connectivity index (χ4v) is 12.6. The van der Waals surface area contributed by atoms with Crippen molar-refractivity contribution in [3.8, 4) is 34.2 Å². The molecule has 61 heavy (non-hydrogen) atoms. The lowest BCUT2D eigenvalue weighted by atomic mass is 9.49. The summed E-state index contributed by atoms with van der Waals surface area (Å²) in [5, 5.41) is 6.91. The highest BCUT2D eigenvalue weighted by Gasteiger charge is 2.53. The average Bonchev–Trinajstić information content (AvgIpc) is 3.97. The number of nitrogens with zero attached hydrogens (tertiary/aromatic N) is 5. The summed E-state index contributed by atoms with van der Waals surface area (Å²) in [5.74, 6) is 4.86. The second-order valence-electron chi connectivity index (χ2n) is 18.2. The molecule has 4 bridgehead atoms. The molecular weight excluding hydrogens is 747 g/mol. The molecule has 6 heteroatoms. The van der Waals surface area contributed by atoms with Gasteiger partial charge < -0.3 is 13.6 Å². The van der Waals surface area contributed by atoms with E-state index in [4.69, 9.17) is 19.4 Å². The van der Waals surface area contributed by atoms with Crippen molar-refractivity contribution in [1.82, 2.24) is 24.1 Å². The number of benzene rings is 7. The molecule has 4 aromatic heterocycles. The van der Waals surface area contributed by atoms with Crippen molar-refractivity contribution >= 4 is 65.6 Å². The standard InChI is InChI=1S/C55H41N5O/c1-3-14-36(15-4-1)52-56-53(58-54(57-52)55-30-33-26-34(31-55)28-35(27-33)32-55)37-16-13-19-39(29-37)60-43-23-10-7-20-40(43)46-49-47(51-48(50(46)60)42-22-9-12-25-45(42)61-51)41-21-8-11-24-44(41)59(49)38-17-5-2-6-18-38/h1-25,29,33-35H,26-28,30-32H2. The number of rotatable bonds is 5. The largest absolute Gasteiger partial charge is 0.455 e. The van der Waals surface area contributed by atoms with Crippen molar-refractivity contribution in [3.05, 3.63) is 164 Å². The number of fused-ring (bicyclic) bond motifs is 12. The van der Waals surface area contributed by atoms with Gasteiger partial charge >= 0.3 is 0 Å². The van der Waals surface area contributed by atoms with Gasteiger partial charge in [0.25, 0.3) is 0 Å². The fourth-order valence-electron chi connectivity index (χ4n) is 12.6. The number of hydrogen-bond donors (Lipinski definition) is 0. The van der Waals surface area contributed by atoms with Crippen molar-refractivity contribution in [1.29, 1.82) is 0 Å². The Morgan fingerprint density at radius 2 is 0.967 bits per heavy atom. The van der Waals surface area contributed by atoms with E-state index in [2.05, 4.69) is 167 Å². The van der Waals surface area contributed by atoms with Crippen molar-refractivity contribution in [2.75, 3.05) is 0 Å². The van der Waals surface area contributed by atoms with E-state index in [1.165, 1.54) is 54.7 Å². The Bertz CT molecular complexity index is 3540. The summed E-state index contributed by atoms with van der Waals surface area (Å²) in [6, 6.07) is 56.3. The smallest absolute Gasteiger partial charge is 0.163 e. The molecule has 292 valence electrons. The summed E-state index contributed by atoms with van der Waals surface area (Å²) in [6.45, 7) is 0. The van der Waals surface area contributed by atoms with E-state index in [0.29, 0.717) is 0 Å². The molecule has 0 saturated heterocycles. The Morgan fingerprint density at radius 3 is 1.66 bits per heavy atom. The van der Waals surface area contributed by atoms with Crippen LogP contribution >= 0.6 is 0 Å². The molecule has 0 amide bonds. The van der Waals surface area contributed by atoms with Gasteiger partial charge in [0.2, 0.25) is 0 Å². The molecule has 0 spiro atoms. The van der Waals surface area contributed by atoms with Crippen molar-refractivity contribution in [2.45, 2.75) is 43.9 Å².